The Morgan fingerprint density at radius 1 is 0.960 bits per heavy atom. The molecule has 0 heterocycles. The van der Waals surface area contributed by atoms with Crippen LogP contribution in [0.4, 0.5) is 0 Å². The molecule has 0 aromatic rings. The molecule has 0 saturated carbocycles. The normalized spacial score (nSPS) is 14.2. The lowest BCUT2D eigenvalue weighted by molar-refractivity contribution is 0.212. The highest BCUT2D eigenvalue weighted by Gasteiger charge is 2.08. The highest BCUT2D eigenvalue weighted by atomic mass is 16.5. The van der Waals surface area contributed by atoms with Crippen LogP contribution >= 0.6 is 0 Å². The predicted octanol–water partition coefficient (Wildman–Crippen LogP) is 6.41. The first-order valence-corrected chi connectivity index (χ1v) is 8.94. The Kier molecular flexibility index (Phi) is 11.6. The van der Waals surface area contributed by atoms with Gasteiger partial charge in [-0.15, -0.1) is 0 Å². The van der Waals surface area contributed by atoms with Crippen LogP contribution in [0.5, 0.6) is 0 Å². The maximum absolute atomic E-state index is 5.18. The molecule has 0 radical (unpaired) electrons. The van der Waals surface area contributed by atoms with Crippen molar-refractivity contribution in [2.24, 2.45) is 11.8 Å². The molecule has 2 unspecified atom stereocenters. The number of methoxy groups -OCH3 is 2. The molecule has 0 amide bonds. The van der Waals surface area contributed by atoms with Gasteiger partial charge in [-0.3, -0.25) is 0 Å². The summed E-state index contributed by atoms with van der Waals surface area (Å²) in [7, 11) is 3.23. The van der Waals surface area contributed by atoms with Gasteiger partial charge in [-0.05, 0) is 35.5 Å². The molecule has 2 heteroatoms. The highest BCUT2D eigenvalue weighted by molar-refractivity contribution is 5.47. The molecule has 0 rings (SSSR count). The highest BCUT2D eigenvalue weighted by Crippen LogP contribution is 2.22. The fourth-order valence-electron chi connectivity index (χ4n) is 2.20. The molecule has 140 valence electrons. The van der Waals surface area contributed by atoms with E-state index in [1.165, 1.54) is 12.8 Å². The van der Waals surface area contributed by atoms with Gasteiger partial charge in [0.05, 0.1) is 13.7 Å². The lowest BCUT2D eigenvalue weighted by Gasteiger charge is -2.15. The third-order valence-corrected chi connectivity index (χ3v) is 4.59. The summed E-state index contributed by atoms with van der Waals surface area (Å²) in [5, 5.41) is 0. The van der Waals surface area contributed by atoms with Crippen LogP contribution in [0.3, 0.4) is 0 Å². The van der Waals surface area contributed by atoms with Gasteiger partial charge < -0.3 is 9.47 Å². The molecular weight excluding hydrogens is 308 g/mol. The second kappa shape index (κ2) is 12.5. The van der Waals surface area contributed by atoms with Gasteiger partial charge in [0.1, 0.15) is 5.76 Å². The summed E-state index contributed by atoms with van der Waals surface area (Å²) in [5.74, 6) is 1.81. The van der Waals surface area contributed by atoms with Gasteiger partial charge in [0, 0.05) is 12.7 Å². The van der Waals surface area contributed by atoms with Gasteiger partial charge in [0.25, 0.3) is 0 Å². The average Bonchev–Trinajstić information content (AvgIpc) is 2.61. The Labute approximate surface area is 155 Å². The largest absolute Gasteiger partial charge is 0.497 e. The van der Waals surface area contributed by atoms with Gasteiger partial charge in [0.15, 0.2) is 0 Å². The second-order valence-corrected chi connectivity index (χ2v) is 6.68. The molecule has 0 aliphatic carbocycles. The molecule has 0 aromatic carbocycles. The molecule has 0 aliphatic heterocycles. The molecular formula is C23H36O2. The van der Waals surface area contributed by atoms with E-state index in [2.05, 4.69) is 47.1 Å². The van der Waals surface area contributed by atoms with Crippen LogP contribution in [0, 0.1) is 11.8 Å². The van der Waals surface area contributed by atoms with Crippen LogP contribution in [-0.4, -0.2) is 20.8 Å². The molecule has 2 atom stereocenters. The minimum absolute atomic E-state index is 0.419. The summed E-state index contributed by atoms with van der Waals surface area (Å²) < 4.78 is 10.4. The third kappa shape index (κ3) is 9.31. The van der Waals surface area contributed by atoms with Crippen molar-refractivity contribution in [3.05, 3.63) is 72.6 Å². The zero-order valence-corrected chi connectivity index (χ0v) is 16.9. The van der Waals surface area contributed by atoms with Gasteiger partial charge in [0.2, 0.25) is 0 Å². The van der Waals surface area contributed by atoms with Crippen LogP contribution in [0.15, 0.2) is 72.6 Å². The standard InChI is InChI=1S/C23H36O2/c1-10-17(2)11-12-18(3)19(4)13-14-20(5)21(6)15-23(16-24-8)22(7)25-9/h13-15,17-18H,4-7,10-12,16H2,1-3,8-9H3/b14-13-,23-15-. The fourth-order valence-corrected chi connectivity index (χ4v) is 2.20. The number of hydrogen-bond donors (Lipinski definition) is 0. The summed E-state index contributed by atoms with van der Waals surface area (Å²) >= 11 is 0. The van der Waals surface area contributed by atoms with Crippen molar-refractivity contribution >= 4 is 0 Å². The van der Waals surface area contributed by atoms with E-state index < -0.39 is 0 Å². The SMILES string of the molecule is C=C(/C=C\C(=C)C(C)CCC(C)CC)C(=C)/C=C(/COC)C(=C)OC. The van der Waals surface area contributed by atoms with E-state index in [9.17, 15) is 0 Å². The van der Waals surface area contributed by atoms with E-state index in [-0.39, 0.29) is 0 Å². The Balaban J connectivity index is 4.78. The Hall–Kier alpha value is -1.80. The maximum atomic E-state index is 5.18. The summed E-state index contributed by atoms with van der Waals surface area (Å²) in [6.45, 7) is 23.4. The first-order chi connectivity index (χ1) is 11.8. The topological polar surface area (TPSA) is 18.5 Å². The van der Waals surface area contributed by atoms with Gasteiger partial charge in [-0.2, -0.15) is 0 Å². The fraction of sp³-hybridized carbons (Fsp3) is 0.478. The van der Waals surface area contributed by atoms with Crippen molar-refractivity contribution < 1.29 is 9.47 Å². The maximum Gasteiger partial charge on any atom is 0.117 e. The van der Waals surface area contributed by atoms with E-state index in [1.54, 1.807) is 14.2 Å². The first-order valence-electron chi connectivity index (χ1n) is 8.94. The van der Waals surface area contributed by atoms with Crippen LogP contribution in [0.25, 0.3) is 0 Å². The molecule has 0 aromatic heterocycles. The van der Waals surface area contributed by atoms with Crippen molar-refractivity contribution in [1.82, 2.24) is 0 Å². The molecule has 2 nitrogen and oxygen atoms in total. The lowest BCUT2D eigenvalue weighted by Crippen LogP contribution is -2.01. The predicted molar refractivity (Wildman–Crippen MR) is 111 cm³/mol. The van der Waals surface area contributed by atoms with Crippen LogP contribution in [0.1, 0.15) is 40.0 Å². The van der Waals surface area contributed by atoms with Crippen LogP contribution in [-0.2, 0) is 9.47 Å². The molecule has 0 N–H and O–H groups in total. The molecule has 0 spiro atoms. The van der Waals surface area contributed by atoms with Crippen LogP contribution < -0.4 is 0 Å². The summed E-state index contributed by atoms with van der Waals surface area (Å²) in [6, 6.07) is 0. The van der Waals surface area contributed by atoms with Crippen molar-refractivity contribution in [2.45, 2.75) is 40.0 Å². The average molecular weight is 345 g/mol. The monoisotopic (exact) mass is 344 g/mol. The minimum atomic E-state index is 0.419. The van der Waals surface area contributed by atoms with E-state index >= 15 is 0 Å². The van der Waals surface area contributed by atoms with Gasteiger partial charge >= 0.3 is 0 Å². The number of hydrogen-bond acceptors (Lipinski definition) is 2. The Morgan fingerprint density at radius 2 is 1.60 bits per heavy atom. The number of rotatable bonds is 13. The minimum Gasteiger partial charge on any atom is -0.497 e. The smallest absolute Gasteiger partial charge is 0.117 e. The van der Waals surface area contributed by atoms with E-state index in [1.807, 2.05) is 18.2 Å². The summed E-state index contributed by atoms with van der Waals surface area (Å²) in [5.41, 5.74) is 3.62. The van der Waals surface area contributed by atoms with Crippen molar-refractivity contribution in [2.75, 3.05) is 20.8 Å². The van der Waals surface area contributed by atoms with Crippen molar-refractivity contribution in [1.29, 1.82) is 0 Å². The molecule has 0 bridgehead atoms. The zero-order valence-electron chi connectivity index (χ0n) is 16.9. The quantitative estimate of drug-likeness (QED) is 0.284. The number of ether oxygens (including phenoxy) is 2. The first kappa shape index (κ1) is 23.2. The Bertz CT molecular complexity index is 534. The summed E-state index contributed by atoms with van der Waals surface area (Å²) in [4.78, 5) is 0. The van der Waals surface area contributed by atoms with E-state index in [0.29, 0.717) is 18.3 Å². The molecule has 25 heavy (non-hydrogen) atoms. The van der Waals surface area contributed by atoms with E-state index in [0.717, 1.165) is 34.6 Å². The lowest BCUT2D eigenvalue weighted by atomic mass is 9.91. The summed E-state index contributed by atoms with van der Waals surface area (Å²) in [6.07, 6.45) is 9.55. The van der Waals surface area contributed by atoms with Crippen LogP contribution in [0.2, 0.25) is 0 Å². The number of allylic oxidation sites excluding steroid dienone is 6. The second-order valence-electron chi connectivity index (χ2n) is 6.68. The molecule has 0 saturated heterocycles. The zero-order chi connectivity index (χ0) is 19.4. The van der Waals surface area contributed by atoms with Crippen molar-refractivity contribution in [3.63, 3.8) is 0 Å². The van der Waals surface area contributed by atoms with Gasteiger partial charge in [-0.25, -0.2) is 0 Å². The Morgan fingerprint density at radius 3 is 2.12 bits per heavy atom. The third-order valence-electron chi connectivity index (χ3n) is 4.59. The molecule has 0 fully saturated rings. The molecule has 0 aliphatic rings. The van der Waals surface area contributed by atoms with Crippen molar-refractivity contribution in [3.8, 4) is 0 Å². The van der Waals surface area contributed by atoms with E-state index in [4.69, 9.17) is 9.47 Å². The van der Waals surface area contributed by atoms with Gasteiger partial charge in [-0.1, -0.05) is 77.7 Å².